The molecule has 3 rings (SSSR count). The van der Waals surface area contributed by atoms with Gasteiger partial charge in [-0.05, 0) is 11.4 Å². The summed E-state index contributed by atoms with van der Waals surface area (Å²) < 4.78 is 5.74. The second-order valence-electron chi connectivity index (χ2n) is 4.51. The van der Waals surface area contributed by atoms with Crippen LogP contribution in [-0.4, -0.2) is 43.6 Å². The van der Waals surface area contributed by atoms with Gasteiger partial charge in [0, 0.05) is 24.5 Å². The molecular formula is C12H17ClN2O2S. The maximum Gasteiger partial charge on any atom is 0.228 e. The van der Waals surface area contributed by atoms with Gasteiger partial charge in [-0.2, -0.15) is 0 Å². The molecule has 1 N–H and O–H groups in total. The van der Waals surface area contributed by atoms with Crippen molar-refractivity contribution < 1.29 is 9.53 Å². The van der Waals surface area contributed by atoms with Crippen LogP contribution in [0.2, 0.25) is 0 Å². The smallest absolute Gasteiger partial charge is 0.228 e. The van der Waals surface area contributed by atoms with E-state index < -0.39 is 0 Å². The Hall–Kier alpha value is -0.620. The highest BCUT2D eigenvalue weighted by molar-refractivity contribution is 7.10. The predicted molar refractivity (Wildman–Crippen MR) is 73.2 cm³/mol. The Balaban J connectivity index is 0.00000120. The molecule has 2 aliphatic heterocycles. The highest BCUT2D eigenvalue weighted by atomic mass is 35.5. The van der Waals surface area contributed by atoms with Crippen molar-refractivity contribution >= 4 is 29.7 Å². The molecule has 1 unspecified atom stereocenters. The topological polar surface area (TPSA) is 41.6 Å². The van der Waals surface area contributed by atoms with Crippen molar-refractivity contribution in [2.45, 2.75) is 6.10 Å². The highest BCUT2D eigenvalue weighted by Crippen LogP contribution is 2.26. The number of ether oxygens (including phenoxy) is 1. The lowest BCUT2D eigenvalue weighted by molar-refractivity contribution is -0.144. The number of rotatable bonds is 2. The van der Waals surface area contributed by atoms with E-state index in [4.69, 9.17) is 4.74 Å². The number of hydrogen-bond acceptors (Lipinski definition) is 4. The number of halogens is 1. The zero-order valence-corrected chi connectivity index (χ0v) is 11.6. The van der Waals surface area contributed by atoms with Crippen LogP contribution < -0.4 is 5.32 Å². The van der Waals surface area contributed by atoms with Gasteiger partial charge in [0.15, 0.2) is 0 Å². The number of nitrogens with zero attached hydrogens (tertiary/aromatic N) is 1. The fraction of sp³-hybridized carbons (Fsp3) is 0.583. The first-order chi connectivity index (χ1) is 8.34. The third kappa shape index (κ3) is 2.69. The van der Waals surface area contributed by atoms with E-state index in [0.717, 1.165) is 19.6 Å². The molecule has 2 saturated heterocycles. The van der Waals surface area contributed by atoms with Crippen LogP contribution in [0, 0.1) is 5.92 Å². The first-order valence-corrected chi connectivity index (χ1v) is 6.87. The molecule has 100 valence electrons. The summed E-state index contributed by atoms with van der Waals surface area (Å²) in [5, 5.41) is 5.19. The molecule has 2 aliphatic rings. The molecule has 1 atom stereocenters. The Morgan fingerprint density at radius 1 is 1.50 bits per heavy atom. The Kier molecular flexibility index (Phi) is 4.61. The number of carbonyl (C=O) groups excluding carboxylic acids is 1. The van der Waals surface area contributed by atoms with Crippen LogP contribution in [0.4, 0.5) is 0 Å². The van der Waals surface area contributed by atoms with Gasteiger partial charge in [-0.15, -0.1) is 23.7 Å². The summed E-state index contributed by atoms with van der Waals surface area (Å²) in [5.41, 5.74) is 0. The van der Waals surface area contributed by atoms with Crippen LogP contribution in [0.15, 0.2) is 17.5 Å². The second kappa shape index (κ2) is 6.02. The first-order valence-electron chi connectivity index (χ1n) is 5.99. The van der Waals surface area contributed by atoms with Crippen molar-refractivity contribution in [1.82, 2.24) is 10.2 Å². The van der Waals surface area contributed by atoms with Gasteiger partial charge in [0.05, 0.1) is 19.1 Å². The van der Waals surface area contributed by atoms with E-state index in [1.165, 1.54) is 4.88 Å². The van der Waals surface area contributed by atoms with E-state index in [1.807, 2.05) is 11.0 Å². The Bertz CT molecular complexity index is 395. The molecule has 0 aliphatic carbocycles. The minimum atomic E-state index is 0. The lowest BCUT2D eigenvalue weighted by Gasteiger charge is -2.37. The van der Waals surface area contributed by atoms with Crippen LogP contribution in [0.1, 0.15) is 11.0 Å². The Morgan fingerprint density at radius 2 is 2.33 bits per heavy atom. The maximum absolute atomic E-state index is 12.1. The summed E-state index contributed by atoms with van der Waals surface area (Å²) in [7, 11) is 0. The number of nitrogens with one attached hydrogen (secondary N) is 1. The largest absolute Gasteiger partial charge is 0.369 e. The Labute approximate surface area is 117 Å². The third-order valence-corrected chi connectivity index (χ3v) is 4.33. The zero-order chi connectivity index (χ0) is 11.7. The third-order valence-electron chi connectivity index (χ3n) is 3.37. The molecule has 0 aromatic carbocycles. The lowest BCUT2D eigenvalue weighted by atomic mass is 10.0. The molecule has 0 radical (unpaired) electrons. The molecule has 3 heterocycles. The van der Waals surface area contributed by atoms with Gasteiger partial charge in [-0.1, -0.05) is 6.07 Å². The number of amides is 1. The monoisotopic (exact) mass is 288 g/mol. The maximum atomic E-state index is 12.1. The van der Waals surface area contributed by atoms with Gasteiger partial charge in [0.1, 0.15) is 6.10 Å². The van der Waals surface area contributed by atoms with E-state index in [1.54, 1.807) is 11.3 Å². The van der Waals surface area contributed by atoms with Crippen LogP contribution in [0.5, 0.6) is 0 Å². The molecule has 0 spiro atoms. The molecule has 1 aromatic heterocycles. The van der Waals surface area contributed by atoms with Gasteiger partial charge >= 0.3 is 0 Å². The minimum absolute atomic E-state index is 0. The highest BCUT2D eigenvalue weighted by Gasteiger charge is 2.32. The van der Waals surface area contributed by atoms with Crippen molar-refractivity contribution in [1.29, 1.82) is 0 Å². The standard InChI is InChI=1S/C12H16N2O2S.ClH/c15-12(9-6-13-7-9)14-3-4-16-10(8-14)11-2-1-5-17-11;/h1-2,5,9-10,13H,3-4,6-8H2;1H. The average Bonchev–Trinajstić information content (AvgIpc) is 2.80. The van der Waals surface area contributed by atoms with Crippen molar-refractivity contribution in [3.05, 3.63) is 22.4 Å². The number of thiophene rings is 1. The molecule has 18 heavy (non-hydrogen) atoms. The molecule has 1 aromatic rings. The summed E-state index contributed by atoms with van der Waals surface area (Å²) in [6, 6.07) is 4.11. The summed E-state index contributed by atoms with van der Waals surface area (Å²) in [6.07, 6.45) is 0.0701. The first kappa shape index (κ1) is 13.8. The fourth-order valence-corrected chi connectivity index (χ4v) is 2.98. The van der Waals surface area contributed by atoms with Gasteiger partial charge in [0.2, 0.25) is 5.91 Å². The average molecular weight is 289 g/mol. The molecule has 4 nitrogen and oxygen atoms in total. The van der Waals surface area contributed by atoms with Gasteiger partial charge in [0.25, 0.3) is 0 Å². The zero-order valence-electron chi connectivity index (χ0n) is 10.0. The second-order valence-corrected chi connectivity index (χ2v) is 5.49. The van der Waals surface area contributed by atoms with Crippen molar-refractivity contribution in [3.63, 3.8) is 0 Å². The summed E-state index contributed by atoms with van der Waals surface area (Å²) in [5.74, 6) is 0.477. The van der Waals surface area contributed by atoms with Gasteiger partial charge in [-0.3, -0.25) is 4.79 Å². The normalized spacial score (nSPS) is 24.2. The van der Waals surface area contributed by atoms with Crippen molar-refractivity contribution in [3.8, 4) is 0 Å². The van der Waals surface area contributed by atoms with E-state index >= 15 is 0 Å². The number of carbonyl (C=O) groups is 1. The molecule has 2 fully saturated rings. The van der Waals surface area contributed by atoms with E-state index in [9.17, 15) is 4.79 Å². The number of morpholine rings is 1. The van der Waals surface area contributed by atoms with Crippen LogP contribution in [-0.2, 0) is 9.53 Å². The molecule has 6 heteroatoms. The van der Waals surface area contributed by atoms with Crippen LogP contribution in [0.3, 0.4) is 0 Å². The van der Waals surface area contributed by atoms with Crippen LogP contribution in [0.25, 0.3) is 0 Å². The quantitative estimate of drug-likeness (QED) is 0.892. The Morgan fingerprint density at radius 3 is 2.94 bits per heavy atom. The van der Waals surface area contributed by atoms with Crippen molar-refractivity contribution in [2.75, 3.05) is 32.8 Å². The summed E-state index contributed by atoms with van der Waals surface area (Å²) in [4.78, 5) is 15.3. The van der Waals surface area contributed by atoms with E-state index in [0.29, 0.717) is 13.2 Å². The minimum Gasteiger partial charge on any atom is -0.369 e. The van der Waals surface area contributed by atoms with Gasteiger partial charge in [-0.25, -0.2) is 0 Å². The predicted octanol–water partition coefficient (Wildman–Crippen LogP) is 1.29. The summed E-state index contributed by atoms with van der Waals surface area (Å²) in [6.45, 7) is 3.75. The van der Waals surface area contributed by atoms with Gasteiger partial charge < -0.3 is 15.0 Å². The molecule has 0 bridgehead atoms. The number of hydrogen-bond donors (Lipinski definition) is 1. The van der Waals surface area contributed by atoms with E-state index in [-0.39, 0.29) is 30.3 Å². The molecule has 1 amide bonds. The fourth-order valence-electron chi connectivity index (χ4n) is 2.22. The summed E-state index contributed by atoms with van der Waals surface area (Å²) >= 11 is 1.70. The SMILES string of the molecule is Cl.O=C(C1CNC1)N1CCOC(c2cccs2)C1. The molecular weight excluding hydrogens is 272 g/mol. The van der Waals surface area contributed by atoms with Crippen molar-refractivity contribution in [2.24, 2.45) is 5.92 Å². The van der Waals surface area contributed by atoms with E-state index in [2.05, 4.69) is 16.8 Å². The lowest BCUT2D eigenvalue weighted by Crippen LogP contribution is -2.54. The molecule has 0 saturated carbocycles. The van der Waals surface area contributed by atoms with Crippen LogP contribution >= 0.6 is 23.7 Å².